The van der Waals surface area contributed by atoms with Crippen LogP contribution in [0.3, 0.4) is 0 Å². The number of aryl methyl sites for hydroxylation is 1. The largest absolute Gasteiger partial charge is 0.419 e. The van der Waals surface area contributed by atoms with Crippen LogP contribution in [0.1, 0.15) is 30.4 Å². The molecule has 0 aromatic heterocycles. The lowest BCUT2D eigenvalue weighted by Crippen LogP contribution is -2.09. The lowest BCUT2D eigenvalue weighted by atomic mass is 10.0. The molecule has 0 spiro atoms. The van der Waals surface area contributed by atoms with Crippen LogP contribution in [-0.2, 0) is 12.6 Å². The minimum absolute atomic E-state index is 0.0180. The van der Waals surface area contributed by atoms with E-state index in [0.29, 0.717) is 24.3 Å². The molecule has 0 aliphatic heterocycles. The topological polar surface area (TPSA) is 0 Å². The molecule has 2 rings (SSSR count). The fourth-order valence-electron chi connectivity index (χ4n) is 1.94. The van der Waals surface area contributed by atoms with E-state index in [1.165, 1.54) is 6.07 Å². The smallest absolute Gasteiger partial charge is 0.206 e. The van der Waals surface area contributed by atoms with E-state index in [2.05, 4.69) is 0 Å². The first-order chi connectivity index (χ1) is 8.38. The molecule has 0 nitrogen and oxygen atoms in total. The lowest BCUT2D eigenvalue weighted by Gasteiger charge is -2.11. The van der Waals surface area contributed by atoms with Crippen LogP contribution in [0.2, 0.25) is 0 Å². The lowest BCUT2D eigenvalue weighted by molar-refractivity contribution is -0.140. The van der Waals surface area contributed by atoms with Crippen molar-refractivity contribution in [2.75, 3.05) is 0 Å². The number of hydrogen-bond donors (Lipinski definition) is 0. The summed E-state index contributed by atoms with van der Waals surface area (Å²) in [5.41, 5.74) is -0.715. The first kappa shape index (κ1) is 13.7. The maximum Gasteiger partial charge on any atom is 0.419 e. The molecule has 5 heteroatoms. The van der Waals surface area contributed by atoms with Gasteiger partial charge in [0.25, 0.3) is 0 Å². The van der Waals surface area contributed by atoms with Gasteiger partial charge in [0.2, 0.25) is 0 Å². The fraction of sp³-hybridized carbons (Fsp3) is 0.538. The van der Waals surface area contributed by atoms with E-state index in [-0.39, 0.29) is 5.38 Å². The van der Waals surface area contributed by atoms with Gasteiger partial charge in [-0.3, -0.25) is 0 Å². The Labute approximate surface area is 108 Å². The molecular weight excluding hydrogens is 268 g/mol. The summed E-state index contributed by atoms with van der Waals surface area (Å²) in [5.74, 6) is -0.718. The minimum atomic E-state index is -4.64. The van der Waals surface area contributed by atoms with Gasteiger partial charge in [0.1, 0.15) is 5.82 Å². The van der Waals surface area contributed by atoms with E-state index >= 15 is 0 Å². The Kier molecular flexibility index (Phi) is 3.85. The molecule has 1 atom stereocenters. The molecule has 1 unspecified atom stereocenters. The summed E-state index contributed by atoms with van der Waals surface area (Å²) in [6, 6.07) is 3.14. The number of alkyl halides is 4. The van der Waals surface area contributed by atoms with E-state index in [0.717, 1.165) is 25.0 Å². The Morgan fingerprint density at radius 2 is 1.94 bits per heavy atom. The van der Waals surface area contributed by atoms with E-state index in [9.17, 15) is 17.6 Å². The number of halogens is 5. The summed E-state index contributed by atoms with van der Waals surface area (Å²) in [5, 5.41) is 0.0180. The van der Waals surface area contributed by atoms with Crippen molar-refractivity contribution in [3.8, 4) is 0 Å². The number of benzene rings is 1. The summed E-state index contributed by atoms with van der Waals surface area (Å²) >= 11 is 6.09. The molecule has 0 radical (unpaired) electrons. The van der Waals surface area contributed by atoms with Gasteiger partial charge in [0.15, 0.2) is 0 Å². The van der Waals surface area contributed by atoms with Crippen LogP contribution >= 0.6 is 11.6 Å². The molecule has 1 aliphatic carbocycles. The molecule has 1 fully saturated rings. The highest BCUT2D eigenvalue weighted by Crippen LogP contribution is 2.38. The van der Waals surface area contributed by atoms with Gasteiger partial charge in [-0.1, -0.05) is 6.07 Å². The maximum atomic E-state index is 13.1. The average Bonchev–Trinajstić information content (AvgIpc) is 3.09. The molecule has 0 saturated heterocycles. The van der Waals surface area contributed by atoms with Gasteiger partial charge in [0, 0.05) is 5.38 Å². The molecule has 0 amide bonds. The maximum absolute atomic E-state index is 13.1. The normalized spacial score (nSPS) is 17.8. The first-order valence-electron chi connectivity index (χ1n) is 5.87. The Balaban J connectivity index is 2.04. The summed E-state index contributed by atoms with van der Waals surface area (Å²) in [4.78, 5) is 0. The van der Waals surface area contributed by atoms with Crippen molar-refractivity contribution in [1.29, 1.82) is 0 Å². The number of rotatable bonds is 4. The van der Waals surface area contributed by atoms with Gasteiger partial charge >= 0.3 is 6.18 Å². The second kappa shape index (κ2) is 5.08. The van der Waals surface area contributed by atoms with Crippen molar-refractivity contribution in [2.24, 2.45) is 5.92 Å². The highest BCUT2D eigenvalue weighted by Gasteiger charge is 2.34. The number of hydrogen-bond acceptors (Lipinski definition) is 0. The molecule has 1 aromatic rings. The monoisotopic (exact) mass is 280 g/mol. The van der Waals surface area contributed by atoms with Crippen LogP contribution in [0, 0.1) is 11.7 Å². The zero-order valence-corrected chi connectivity index (χ0v) is 10.4. The molecule has 100 valence electrons. The second-order valence-corrected chi connectivity index (χ2v) is 5.26. The summed E-state index contributed by atoms with van der Waals surface area (Å²) in [6.45, 7) is 0. The van der Waals surface area contributed by atoms with E-state index in [1.54, 1.807) is 0 Å². The summed E-state index contributed by atoms with van der Waals surface area (Å²) in [6.07, 6.45) is -1.35. The third-order valence-electron chi connectivity index (χ3n) is 3.18. The molecule has 0 bridgehead atoms. The molecule has 18 heavy (non-hydrogen) atoms. The second-order valence-electron chi connectivity index (χ2n) is 4.70. The molecular formula is C13H13ClF4. The minimum Gasteiger partial charge on any atom is -0.206 e. The van der Waals surface area contributed by atoms with Gasteiger partial charge in [-0.15, -0.1) is 11.6 Å². The van der Waals surface area contributed by atoms with E-state index < -0.39 is 17.6 Å². The molecule has 1 aliphatic rings. The van der Waals surface area contributed by atoms with Crippen LogP contribution < -0.4 is 0 Å². The fourth-order valence-corrected chi connectivity index (χ4v) is 2.30. The van der Waals surface area contributed by atoms with Gasteiger partial charge in [-0.25, -0.2) is 4.39 Å². The van der Waals surface area contributed by atoms with Gasteiger partial charge in [-0.2, -0.15) is 13.2 Å². The van der Waals surface area contributed by atoms with Crippen molar-refractivity contribution in [3.63, 3.8) is 0 Å². The van der Waals surface area contributed by atoms with Crippen LogP contribution in [0.4, 0.5) is 17.6 Å². The van der Waals surface area contributed by atoms with Crippen LogP contribution in [0.25, 0.3) is 0 Å². The zero-order chi connectivity index (χ0) is 13.3. The predicted molar refractivity (Wildman–Crippen MR) is 62.1 cm³/mol. The SMILES string of the molecule is Fc1ccc(CCC(Cl)C2CC2)cc1C(F)(F)F. The highest BCUT2D eigenvalue weighted by molar-refractivity contribution is 6.20. The van der Waals surface area contributed by atoms with E-state index in [1.807, 2.05) is 0 Å². The molecule has 1 aromatic carbocycles. The van der Waals surface area contributed by atoms with Crippen molar-refractivity contribution in [1.82, 2.24) is 0 Å². The Morgan fingerprint density at radius 1 is 1.28 bits per heavy atom. The van der Waals surface area contributed by atoms with E-state index in [4.69, 9.17) is 11.6 Å². The van der Waals surface area contributed by atoms with Crippen molar-refractivity contribution in [2.45, 2.75) is 37.2 Å². The standard InChI is InChI=1S/C13H13ClF4/c14-11(9-3-4-9)5-1-8-2-6-12(15)10(7-8)13(16,17)18/h2,6-7,9,11H,1,3-5H2. The average molecular weight is 281 g/mol. The Hall–Kier alpha value is -0.770. The summed E-state index contributed by atoms with van der Waals surface area (Å²) in [7, 11) is 0. The highest BCUT2D eigenvalue weighted by atomic mass is 35.5. The Bertz CT molecular complexity index is 423. The first-order valence-corrected chi connectivity index (χ1v) is 6.31. The van der Waals surface area contributed by atoms with Crippen LogP contribution in [0.5, 0.6) is 0 Å². The van der Waals surface area contributed by atoms with Gasteiger partial charge in [0.05, 0.1) is 5.56 Å². The quantitative estimate of drug-likeness (QED) is 0.549. The Morgan fingerprint density at radius 3 is 2.50 bits per heavy atom. The van der Waals surface area contributed by atoms with Crippen molar-refractivity contribution in [3.05, 3.63) is 35.1 Å². The molecule has 1 saturated carbocycles. The molecule has 0 N–H and O–H groups in total. The molecule has 0 heterocycles. The van der Waals surface area contributed by atoms with Crippen molar-refractivity contribution < 1.29 is 17.6 Å². The third kappa shape index (κ3) is 3.37. The third-order valence-corrected chi connectivity index (χ3v) is 3.75. The van der Waals surface area contributed by atoms with Crippen LogP contribution in [-0.4, -0.2) is 5.38 Å². The van der Waals surface area contributed by atoms with Crippen molar-refractivity contribution >= 4 is 11.6 Å². The predicted octanol–water partition coefficient (Wildman–Crippen LogP) is 4.79. The van der Waals surface area contributed by atoms with Gasteiger partial charge < -0.3 is 0 Å². The zero-order valence-electron chi connectivity index (χ0n) is 9.61. The summed E-state index contributed by atoms with van der Waals surface area (Å²) < 4.78 is 50.6. The van der Waals surface area contributed by atoms with Crippen LogP contribution in [0.15, 0.2) is 18.2 Å². The van der Waals surface area contributed by atoms with Gasteiger partial charge in [-0.05, 0) is 49.3 Å².